The second-order valence-electron chi connectivity index (χ2n) is 5.24. The van der Waals surface area contributed by atoms with Crippen molar-refractivity contribution < 1.29 is 14.4 Å². The van der Waals surface area contributed by atoms with E-state index in [2.05, 4.69) is 6.07 Å². The van der Waals surface area contributed by atoms with Crippen LogP contribution in [0.1, 0.15) is 22.3 Å². The van der Waals surface area contributed by atoms with Gasteiger partial charge in [-0.1, -0.05) is 17.7 Å². The molecule has 4 nitrogen and oxygen atoms in total. The zero-order chi connectivity index (χ0) is 15.9. The maximum Gasteiger partial charge on any atom is 0.491 e. The first kappa shape index (κ1) is 14.9. The first-order chi connectivity index (χ1) is 10.5. The Morgan fingerprint density at radius 1 is 1.36 bits per heavy atom. The van der Waals surface area contributed by atoms with Gasteiger partial charge in [0.25, 0.3) is 0 Å². The van der Waals surface area contributed by atoms with Crippen molar-refractivity contribution >= 4 is 24.2 Å². The number of benzene rings is 2. The van der Waals surface area contributed by atoms with Crippen LogP contribution in [0.2, 0.25) is 5.02 Å². The Kier molecular flexibility index (Phi) is 3.84. The third kappa shape index (κ3) is 2.46. The molecule has 0 spiro atoms. The standard InChI is InChI=1S/C16H13BClNO3/c1-9-5-12(6-11(7-19)16(9)18)22-15-4-3-14-13(10(15)2)8-21-17(14)20/h3-6,20H,8H2,1-2H3. The summed E-state index contributed by atoms with van der Waals surface area (Å²) in [6.07, 6.45) is 0. The molecule has 2 aromatic carbocycles. The molecule has 0 atom stereocenters. The van der Waals surface area contributed by atoms with E-state index in [1.54, 1.807) is 24.3 Å². The molecule has 6 heteroatoms. The van der Waals surface area contributed by atoms with Crippen LogP contribution in [-0.2, 0) is 11.3 Å². The Bertz CT molecular complexity index is 801. The number of rotatable bonds is 2. The molecule has 1 N–H and O–H groups in total. The minimum atomic E-state index is -0.870. The largest absolute Gasteiger partial charge is 0.491 e. The Labute approximate surface area is 134 Å². The van der Waals surface area contributed by atoms with Crippen LogP contribution in [0.25, 0.3) is 0 Å². The van der Waals surface area contributed by atoms with E-state index < -0.39 is 7.12 Å². The van der Waals surface area contributed by atoms with Crippen molar-refractivity contribution in [3.8, 4) is 17.6 Å². The maximum atomic E-state index is 9.71. The van der Waals surface area contributed by atoms with E-state index in [0.717, 1.165) is 22.2 Å². The summed E-state index contributed by atoms with van der Waals surface area (Å²) in [5.74, 6) is 1.23. The molecule has 0 amide bonds. The van der Waals surface area contributed by atoms with Crippen molar-refractivity contribution in [2.24, 2.45) is 0 Å². The minimum absolute atomic E-state index is 0.364. The van der Waals surface area contributed by atoms with Crippen LogP contribution in [0.3, 0.4) is 0 Å². The molecule has 3 rings (SSSR count). The first-order valence-electron chi connectivity index (χ1n) is 6.81. The van der Waals surface area contributed by atoms with Crippen LogP contribution in [0.5, 0.6) is 11.5 Å². The summed E-state index contributed by atoms with van der Waals surface area (Å²) in [7, 11) is -0.870. The molecule has 0 saturated carbocycles. The van der Waals surface area contributed by atoms with Crippen LogP contribution < -0.4 is 10.2 Å². The summed E-state index contributed by atoms with van der Waals surface area (Å²) in [6.45, 7) is 4.11. The maximum absolute atomic E-state index is 9.71. The van der Waals surface area contributed by atoms with Gasteiger partial charge in [-0.2, -0.15) is 5.26 Å². The molecule has 1 aliphatic heterocycles. The van der Waals surface area contributed by atoms with Gasteiger partial charge in [0, 0.05) is 6.07 Å². The van der Waals surface area contributed by atoms with Crippen molar-refractivity contribution in [3.63, 3.8) is 0 Å². The highest BCUT2D eigenvalue weighted by molar-refractivity contribution is 6.61. The fourth-order valence-electron chi connectivity index (χ4n) is 2.55. The normalized spacial score (nSPS) is 13.0. The van der Waals surface area contributed by atoms with Gasteiger partial charge in [-0.15, -0.1) is 0 Å². The third-order valence-corrected chi connectivity index (χ3v) is 4.31. The number of nitriles is 1. The van der Waals surface area contributed by atoms with Gasteiger partial charge in [-0.25, -0.2) is 0 Å². The van der Waals surface area contributed by atoms with Crippen LogP contribution >= 0.6 is 11.6 Å². The molecular formula is C16H13BClNO3. The zero-order valence-electron chi connectivity index (χ0n) is 12.2. The van der Waals surface area contributed by atoms with Gasteiger partial charge < -0.3 is 14.4 Å². The average molecular weight is 314 g/mol. The van der Waals surface area contributed by atoms with Gasteiger partial charge in [0.15, 0.2) is 0 Å². The number of nitrogens with zero attached hydrogens (tertiary/aromatic N) is 1. The van der Waals surface area contributed by atoms with Crippen molar-refractivity contribution in [2.75, 3.05) is 0 Å². The summed E-state index contributed by atoms with van der Waals surface area (Å²) in [4.78, 5) is 0. The predicted molar refractivity (Wildman–Crippen MR) is 84.6 cm³/mol. The molecule has 2 aromatic rings. The van der Waals surface area contributed by atoms with E-state index >= 15 is 0 Å². The van der Waals surface area contributed by atoms with Gasteiger partial charge in [-0.3, -0.25) is 0 Å². The minimum Gasteiger partial charge on any atom is -0.457 e. The summed E-state index contributed by atoms with van der Waals surface area (Å²) in [5, 5.41) is 19.3. The van der Waals surface area contributed by atoms with Gasteiger partial charge in [0.05, 0.1) is 17.2 Å². The fourth-order valence-corrected chi connectivity index (χ4v) is 2.70. The predicted octanol–water partition coefficient (Wildman–Crippen LogP) is 2.84. The lowest BCUT2D eigenvalue weighted by Gasteiger charge is -2.13. The highest BCUT2D eigenvalue weighted by atomic mass is 35.5. The molecule has 22 heavy (non-hydrogen) atoms. The topological polar surface area (TPSA) is 62.5 Å². The summed E-state index contributed by atoms with van der Waals surface area (Å²) in [5.41, 5.74) is 3.80. The molecule has 0 aromatic heterocycles. The third-order valence-electron chi connectivity index (χ3n) is 3.81. The van der Waals surface area contributed by atoms with E-state index in [4.69, 9.17) is 26.3 Å². The highest BCUT2D eigenvalue weighted by Gasteiger charge is 2.29. The number of fused-ring (bicyclic) bond motifs is 1. The van der Waals surface area contributed by atoms with Crippen molar-refractivity contribution in [1.82, 2.24) is 0 Å². The molecule has 1 heterocycles. The van der Waals surface area contributed by atoms with Gasteiger partial charge in [-0.05, 0) is 48.1 Å². The van der Waals surface area contributed by atoms with E-state index in [0.29, 0.717) is 28.7 Å². The number of ether oxygens (including phenoxy) is 1. The Balaban J connectivity index is 1.98. The summed E-state index contributed by atoms with van der Waals surface area (Å²) < 4.78 is 11.1. The molecule has 1 aliphatic rings. The van der Waals surface area contributed by atoms with E-state index in [9.17, 15) is 5.02 Å². The SMILES string of the molecule is Cc1cc(Oc2ccc3c(c2C)COB3O)cc(C#N)c1Cl. The lowest BCUT2D eigenvalue weighted by Crippen LogP contribution is -2.28. The molecule has 0 aliphatic carbocycles. The number of halogens is 1. The van der Waals surface area contributed by atoms with E-state index in [1.165, 1.54) is 0 Å². The van der Waals surface area contributed by atoms with E-state index in [1.807, 2.05) is 13.8 Å². The lowest BCUT2D eigenvalue weighted by atomic mass is 9.78. The zero-order valence-corrected chi connectivity index (χ0v) is 12.9. The Morgan fingerprint density at radius 2 is 2.14 bits per heavy atom. The molecular weight excluding hydrogens is 300 g/mol. The molecule has 110 valence electrons. The van der Waals surface area contributed by atoms with E-state index in [-0.39, 0.29) is 0 Å². The second-order valence-corrected chi connectivity index (χ2v) is 5.61. The lowest BCUT2D eigenvalue weighted by molar-refractivity contribution is 0.274. The van der Waals surface area contributed by atoms with Crippen molar-refractivity contribution in [3.05, 3.63) is 51.5 Å². The molecule has 0 fully saturated rings. The van der Waals surface area contributed by atoms with Crippen LogP contribution in [0, 0.1) is 25.2 Å². The van der Waals surface area contributed by atoms with Gasteiger partial charge in [0.2, 0.25) is 0 Å². The van der Waals surface area contributed by atoms with Gasteiger partial charge in [0.1, 0.15) is 17.6 Å². The van der Waals surface area contributed by atoms with Crippen LogP contribution in [0.4, 0.5) is 0 Å². The summed E-state index contributed by atoms with van der Waals surface area (Å²) in [6, 6.07) is 9.06. The van der Waals surface area contributed by atoms with Crippen molar-refractivity contribution in [2.45, 2.75) is 20.5 Å². The second kappa shape index (κ2) is 5.66. The first-order valence-corrected chi connectivity index (χ1v) is 7.19. The number of hydrogen-bond donors (Lipinski definition) is 1. The molecule has 0 radical (unpaired) electrons. The monoisotopic (exact) mass is 313 g/mol. The molecule has 0 bridgehead atoms. The van der Waals surface area contributed by atoms with Crippen LogP contribution in [0.15, 0.2) is 24.3 Å². The van der Waals surface area contributed by atoms with Crippen molar-refractivity contribution in [1.29, 1.82) is 5.26 Å². The van der Waals surface area contributed by atoms with Crippen LogP contribution in [-0.4, -0.2) is 12.1 Å². The van der Waals surface area contributed by atoms with Gasteiger partial charge >= 0.3 is 7.12 Å². The quantitative estimate of drug-likeness (QED) is 0.866. The molecule has 0 saturated heterocycles. The number of aryl methyl sites for hydroxylation is 1. The smallest absolute Gasteiger partial charge is 0.457 e. The summed E-state index contributed by atoms with van der Waals surface area (Å²) >= 11 is 6.07. The Hall–Kier alpha value is -2.00. The highest BCUT2D eigenvalue weighted by Crippen LogP contribution is 2.32. The average Bonchev–Trinajstić information content (AvgIpc) is 2.87. The fraction of sp³-hybridized carbons (Fsp3) is 0.188. The molecule has 0 unspecified atom stereocenters. The Morgan fingerprint density at radius 3 is 2.86 bits per heavy atom. The number of hydrogen-bond acceptors (Lipinski definition) is 4.